The van der Waals surface area contributed by atoms with E-state index < -0.39 is 5.97 Å². The molecule has 1 atom stereocenters. The van der Waals surface area contributed by atoms with Gasteiger partial charge in [-0.1, -0.05) is 0 Å². The second kappa shape index (κ2) is 7.38. The van der Waals surface area contributed by atoms with Gasteiger partial charge in [0.15, 0.2) is 0 Å². The zero-order valence-electron chi connectivity index (χ0n) is 10.3. The van der Waals surface area contributed by atoms with Gasteiger partial charge in [0, 0.05) is 19.4 Å². The molecular formula is C11H17NO5S. The number of rotatable bonds is 8. The number of carboxylic acids is 1. The van der Waals surface area contributed by atoms with Gasteiger partial charge < -0.3 is 9.84 Å². The Balaban J connectivity index is 2.17. The van der Waals surface area contributed by atoms with Crippen LogP contribution in [0, 0.1) is 0 Å². The summed E-state index contributed by atoms with van der Waals surface area (Å²) in [6, 6.07) is 0. The fourth-order valence-electron chi connectivity index (χ4n) is 1.61. The van der Waals surface area contributed by atoms with Crippen LogP contribution in [-0.2, 0) is 19.1 Å². The zero-order valence-corrected chi connectivity index (χ0v) is 11.1. The quantitative estimate of drug-likeness (QED) is 0.518. The maximum atomic E-state index is 11.7. The number of likely N-dealkylation sites (tertiary alicyclic amines) is 1. The van der Waals surface area contributed by atoms with Crippen LogP contribution in [0.1, 0.15) is 25.7 Å². The van der Waals surface area contributed by atoms with E-state index in [4.69, 9.17) is 9.84 Å². The molecule has 0 aromatic carbocycles. The Morgan fingerprint density at radius 1 is 1.50 bits per heavy atom. The lowest BCUT2D eigenvalue weighted by Gasteiger charge is -2.14. The summed E-state index contributed by atoms with van der Waals surface area (Å²) < 4.78 is 5.22. The number of amides is 2. The summed E-state index contributed by atoms with van der Waals surface area (Å²) in [7, 11) is 0. The number of ether oxygens (including phenoxy) is 1. The maximum absolute atomic E-state index is 11.7. The van der Waals surface area contributed by atoms with Gasteiger partial charge in [-0.25, -0.2) is 0 Å². The highest BCUT2D eigenvalue weighted by atomic mass is 32.2. The van der Waals surface area contributed by atoms with Crippen LogP contribution in [0.3, 0.4) is 0 Å². The summed E-state index contributed by atoms with van der Waals surface area (Å²) in [5, 5.41) is 8.14. The highest BCUT2D eigenvalue weighted by Crippen LogP contribution is 2.22. The lowest BCUT2D eigenvalue weighted by molar-refractivity contribution is -0.144. The van der Waals surface area contributed by atoms with Crippen LogP contribution in [-0.4, -0.2) is 52.6 Å². The topological polar surface area (TPSA) is 83.9 Å². The van der Waals surface area contributed by atoms with Crippen molar-refractivity contribution in [3.8, 4) is 0 Å². The number of nitrogens with zero attached hydrogens (tertiary/aromatic N) is 1. The molecule has 0 bridgehead atoms. The first-order valence-electron chi connectivity index (χ1n) is 5.72. The van der Waals surface area contributed by atoms with E-state index in [1.54, 1.807) is 6.26 Å². The van der Waals surface area contributed by atoms with E-state index in [2.05, 4.69) is 0 Å². The van der Waals surface area contributed by atoms with Gasteiger partial charge in [0.1, 0.15) is 6.73 Å². The Labute approximate surface area is 110 Å². The van der Waals surface area contributed by atoms with Crippen molar-refractivity contribution < 1.29 is 24.2 Å². The van der Waals surface area contributed by atoms with Crippen LogP contribution < -0.4 is 0 Å². The number of unbranched alkanes of at least 4 members (excludes halogenated alkanes) is 1. The van der Waals surface area contributed by atoms with Crippen LogP contribution in [0.5, 0.6) is 0 Å². The first-order chi connectivity index (χ1) is 8.56. The van der Waals surface area contributed by atoms with Gasteiger partial charge in [-0.05, 0) is 19.1 Å². The number of aliphatic carboxylic acids is 1. The van der Waals surface area contributed by atoms with Gasteiger partial charge in [-0.3, -0.25) is 19.3 Å². The Hall–Kier alpha value is -1.08. The SMILES string of the molecule is CSC1CC(=O)N(COCCCCC(=O)O)C1=O. The van der Waals surface area contributed by atoms with Crippen LogP contribution in [0.4, 0.5) is 0 Å². The second-order valence-corrected chi connectivity index (χ2v) is 5.02. The molecule has 102 valence electrons. The molecule has 1 rings (SSSR count). The van der Waals surface area contributed by atoms with Gasteiger partial charge in [0.2, 0.25) is 11.8 Å². The molecular weight excluding hydrogens is 258 g/mol. The molecule has 1 heterocycles. The molecule has 1 N–H and O–H groups in total. The molecule has 1 aliphatic rings. The highest BCUT2D eigenvalue weighted by molar-refractivity contribution is 8.00. The van der Waals surface area contributed by atoms with E-state index in [1.165, 1.54) is 11.8 Å². The average molecular weight is 275 g/mol. The van der Waals surface area contributed by atoms with Crippen LogP contribution >= 0.6 is 11.8 Å². The molecule has 1 unspecified atom stereocenters. The predicted octanol–water partition coefficient (Wildman–Crippen LogP) is 0.706. The second-order valence-electron chi connectivity index (χ2n) is 3.98. The molecule has 1 fully saturated rings. The van der Waals surface area contributed by atoms with E-state index in [0.29, 0.717) is 19.4 Å². The smallest absolute Gasteiger partial charge is 0.303 e. The summed E-state index contributed by atoms with van der Waals surface area (Å²) in [5.74, 6) is -1.23. The largest absolute Gasteiger partial charge is 0.481 e. The van der Waals surface area contributed by atoms with Gasteiger partial charge in [0.25, 0.3) is 0 Å². The van der Waals surface area contributed by atoms with Crippen molar-refractivity contribution in [2.24, 2.45) is 0 Å². The number of imide groups is 1. The normalized spacial score (nSPS) is 19.6. The highest BCUT2D eigenvalue weighted by Gasteiger charge is 2.37. The molecule has 18 heavy (non-hydrogen) atoms. The third-order valence-electron chi connectivity index (χ3n) is 2.64. The minimum Gasteiger partial charge on any atom is -0.481 e. The Morgan fingerprint density at radius 2 is 2.22 bits per heavy atom. The third-order valence-corrected chi connectivity index (χ3v) is 3.57. The molecule has 0 aliphatic carbocycles. The molecule has 0 aromatic rings. The molecule has 0 radical (unpaired) electrons. The molecule has 0 saturated carbocycles. The first-order valence-corrected chi connectivity index (χ1v) is 7.01. The summed E-state index contributed by atoms with van der Waals surface area (Å²) in [6.45, 7) is 0.329. The number of carbonyl (C=O) groups is 3. The Kier molecular flexibility index (Phi) is 6.14. The van der Waals surface area contributed by atoms with Crippen molar-refractivity contribution in [2.45, 2.75) is 30.9 Å². The van der Waals surface area contributed by atoms with Crippen molar-refractivity contribution >= 4 is 29.5 Å². The van der Waals surface area contributed by atoms with Crippen molar-refractivity contribution in [3.05, 3.63) is 0 Å². The third kappa shape index (κ3) is 4.30. The Bertz CT molecular complexity index is 333. The predicted molar refractivity (Wildman–Crippen MR) is 66.1 cm³/mol. The number of hydrogen-bond acceptors (Lipinski definition) is 5. The summed E-state index contributed by atoms with van der Waals surface area (Å²) in [4.78, 5) is 34.6. The molecule has 1 aliphatic heterocycles. The summed E-state index contributed by atoms with van der Waals surface area (Å²) in [6.07, 6.45) is 3.28. The van der Waals surface area contributed by atoms with Crippen molar-refractivity contribution in [1.29, 1.82) is 0 Å². The summed E-state index contributed by atoms with van der Waals surface area (Å²) >= 11 is 1.37. The fraction of sp³-hybridized carbons (Fsp3) is 0.727. The standard InChI is InChI=1S/C11H17NO5S/c1-18-8-6-9(13)12(11(8)16)7-17-5-3-2-4-10(14)15/h8H,2-7H2,1H3,(H,14,15). The Morgan fingerprint density at radius 3 is 2.78 bits per heavy atom. The van der Waals surface area contributed by atoms with E-state index in [-0.39, 0.29) is 36.6 Å². The van der Waals surface area contributed by atoms with Crippen LogP contribution in [0.25, 0.3) is 0 Å². The number of thioether (sulfide) groups is 1. The van der Waals surface area contributed by atoms with Crippen LogP contribution in [0.15, 0.2) is 0 Å². The van der Waals surface area contributed by atoms with E-state index in [0.717, 1.165) is 4.90 Å². The lowest BCUT2D eigenvalue weighted by atomic mass is 10.2. The molecule has 0 spiro atoms. The monoisotopic (exact) mass is 275 g/mol. The van der Waals surface area contributed by atoms with Gasteiger partial charge in [0.05, 0.1) is 5.25 Å². The maximum Gasteiger partial charge on any atom is 0.303 e. The fourth-order valence-corrected chi connectivity index (χ4v) is 2.25. The van der Waals surface area contributed by atoms with Gasteiger partial charge >= 0.3 is 5.97 Å². The van der Waals surface area contributed by atoms with Crippen molar-refractivity contribution in [3.63, 3.8) is 0 Å². The van der Waals surface area contributed by atoms with Crippen molar-refractivity contribution in [2.75, 3.05) is 19.6 Å². The zero-order chi connectivity index (χ0) is 13.5. The number of carboxylic acid groups (broad SMARTS) is 1. The lowest BCUT2D eigenvalue weighted by Crippen LogP contribution is -2.33. The summed E-state index contributed by atoms with van der Waals surface area (Å²) in [5.41, 5.74) is 0. The van der Waals surface area contributed by atoms with Crippen LogP contribution in [0.2, 0.25) is 0 Å². The minimum atomic E-state index is -0.831. The molecule has 6 nitrogen and oxygen atoms in total. The van der Waals surface area contributed by atoms with E-state index in [9.17, 15) is 14.4 Å². The first kappa shape index (κ1) is 15.0. The number of hydrogen-bond donors (Lipinski definition) is 1. The van der Waals surface area contributed by atoms with Gasteiger partial charge in [-0.15, -0.1) is 0 Å². The number of carbonyl (C=O) groups excluding carboxylic acids is 2. The van der Waals surface area contributed by atoms with E-state index >= 15 is 0 Å². The minimum absolute atomic E-state index is 0.0260. The molecule has 1 saturated heterocycles. The molecule has 7 heteroatoms. The molecule has 0 aromatic heterocycles. The van der Waals surface area contributed by atoms with Crippen molar-refractivity contribution in [1.82, 2.24) is 4.90 Å². The average Bonchev–Trinajstić information content (AvgIpc) is 2.59. The van der Waals surface area contributed by atoms with Gasteiger partial charge in [-0.2, -0.15) is 11.8 Å². The van der Waals surface area contributed by atoms with E-state index in [1.807, 2.05) is 0 Å². The molecule has 2 amide bonds.